The van der Waals surface area contributed by atoms with Crippen molar-refractivity contribution >= 4 is 5.57 Å². The van der Waals surface area contributed by atoms with Gasteiger partial charge in [0, 0.05) is 0 Å². The van der Waals surface area contributed by atoms with Crippen LogP contribution in [0.15, 0.2) is 77.6 Å². The predicted octanol–water partition coefficient (Wildman–Crippen LogP) is 7.54. The Bertz CT molecular complexity index is 818. The van der Waals surface area contributed by atoms with Crippen molar-refractivity contribution in [1.29, 1.82) is 0 Å². The lowest BCUT2D eigenvalue weighted by Gasteiger charge is -2.18. The van der Waals surface area contributed by atoms with Gasteiger partial charge in [-0.15, -0.1) is 5.73 Å². The molecule has 1 aliphatic rings. The molecule has 136 valence electrons. The van der Waals surface area contributed by atoms with Gasteiger partial charge in [-0.2, -0.15) is 0 Å². The molecule has 0 aromatic heterocycles. The van der Waals surface area contributed by atoms with Crippen molar-refractivity contribution in [2.45, 2.75) is 59.8 Å². The van der Waals surface area contributed by atoms with Crippen molar-refractivity contribution in [3.8, 4) is 0 Å². The average molecular weight is 345 g/mol. The van der Waals surface area contributed by atoms with Gasteiger partial charge in [0.25, 0.3) is 0 Å². The number of hydrogen-bond donors (Lipinski definition) is 0. The summed E-state index contributed by atoms with van der Waals surface area (Å²) in [5.74, 6) is 0. The van der Waals surface area contributed by atoms with Gasteiger partial charge in [0.15, 0.2) is 0 Å². The first-order valence-corrected chi connectivity index (χ1v) is 9.68. The highest BCUT2D eigenvalue weighted by Crippen LogP contribution is 2.29. The molecule has 0 atom stereocenters. The number of hydrogen-bond acceptors (Lipinski definition) is 0. The first kappa shape index (κ1) is 20.0. The third-order valence-electron chi connectivity index (χ3n) is 5.06. The molecule has 0 aliphatic heterocycles. The number of benzene rings is 1. The van der Waals surface area contributed by atoms with Crippen molar-refractivity contribution < 1.29 is 0 Å². The molecule has 1 aliphatic carbocycles. The number of rotatable bonds is 7. The van der Waals surface area contributed by atoms with Crippen LogP contribution in [0.2, 0.25) is 0 Å². The van der Waals surface area contributed by atoms with E-state index in [0.717, 1.165) is 43.3 Å². The molecule has 26 heavy (non-hydrogen) atoms. The first-order valence-electron chi connectivity index (χ1n) is 9.68. The van der Waals surface area contributed by atoms with Gasteiger partial charge >= 0.3 is 0 Å². The normalized spacial score (nSPS) is 14.4. The monoisotopic (exact) mass is 344 g/mol. The van der Waals surface area contributed by atoms with Crippen LogP contribution >= 0.6 is 0 Å². The van der Waals surface area contributed by atoms with E-state index >= 15 is 0 Å². The van der Waals surface area contributed by atoms with Crippen LogP contribution in [0.25, 0.3) is 5.57 Å². The Morgan fingerprint density at radius 1 is 1.19 bits per heavy atom. The molecule has 0 heterocycles. The van der Waals surface area contributed by atoms with Crippen LogP contribution in [-0.2, 0) is 12.8 Å². The average Bonchev–Trinajstić information content (AvgIpc) is 2.64. The Hall–Kier alpha value is -2.30. The molecule has 0 heteroatoms. The largest absolute Gasteiger partial charge is 0.125 e. The summed E-state index contributed by atoms with van der Waals surface area (Å²) in [7, 11) is 0. The molecule has 0 saturated carbocycles. The maximum Gasteiger partial charge on any atom is -0.00224 e. The summed E-state index contributed by atoms with van der Waals surface area (Å²) in [6.45, 7) is 16.5. The van der Waals surface area contributed by atoms with Gasteiger partial charge < -0.3 is 0 Å². The fraction of sp³-hybridized carbons (Fsp3) is 0.346. The van der Waals surface area contributed by atoms with Crippen LogP contribution in [0.4, 0.5) is 0 Å². The molecule has 0 fully saturated rings. The zero-order chi connectivity index (χ0) is 19.1. The lowest BCUT2D eigenvalue weighted by Crippen LogP contribution is -2.00. The van der Waals surface area contributed by atoms with E-state index in [9.17, 15) is 0 Å². The molecular weight excluding hydrogens is 312 g/mol. The van der Waals surface area contributed by atoms with Gasteiger partial charge in [-0.3, -0.25) is 0 Å². The van der Waals surface area contributed by atoms with Crippen molar-refractivity contribution in [3.05, 3.63) is 94.3 Å². The van der Waals surface area contributed by atoms with E-state index in [2.05, 4.69) is 83.0 Å². The quantitative estimate of drug-likeness (QED) is 0.354. The summed E-state index contributed by atoms with van der Waals surface area (Å²) < 4.78 is 0. The van der Waals surface area contributed by atoms with Crippen LogP contribution < -0.4 is 0 Å². The summed E-state index contributed by atoms with van der Waals surface area (Å²) in [5, 5.41) is 0. The van der Waals surface area contributed by atoms with E-state index in [4.69, 9.17) is 0 Å². The fourth-order valence-electron chi connectivity index (χ4n) is 3.58. The van der Waals surface area contributed by atoms with Gasteiger partial charge in [-0.25, -0.2) is 0 Å². The van der Waals surface area contributed by atoms with Crippen molar-refractivity contribution in [1.82, 2.24) is 0 Å². The molecule has 0 radical (unpaired) electrons. The number of allylic oxidation sites excluding steroid dienone is 8. The maximum atomic E-state index is 4.10. The third-order valence-corrected chi connectivity index (χ3v) is 5.06. The Morgan fingerprint density at radius 3 is 2.54 bits per heavy atom. The SMILES string of the molecule is C=C=C(C)c1cc(CC/C(=C/C(=C)C)C2=CCCC=C2C)ccc1CC. The van der Waals surface area contributed by atoms with Gasteiger partial charge in [-0.1, -0.05) is 62.1 Å². The van der Waals surface area contributed by atoms with E-state index in [1.54, 1.807) is 0 Å². The highest BCUT2D eigenvalue weighted by molar-refractivity contribution is 5.66. The van der Waals surface area contributed by atoms with Gasteiger partial charge in [0.05, 0.1) is 0 Å². The summed E-state index contributed by atoms with van der Waals surface area (Å²) in [4.78, 5) is 0. The Balaban J connectivity index is 2.27. The molecule has 0 N–H and O–H groups in total. The van der Waals surface area contributed by atoms with Crippen LogP contribution in [-0.4, -0.2) is 0 Å². The molecule has 0 saturated heterocycles. The molecule has 1 aromatic carbocycles. The minimum absolute atomic E-state index is 1.03. The lowest BCUT2D eigenvalue weighted by atomic mass is 9.87. The van der Waals surface area contributed by atoms with Crippen molar-refractivity contribution in [2.24, 2.45) is 0 Å². The molecular formula is C26H32. The Kier molecular flexibility index (Phi) is 7.25. The zero-order valence-electron chi connectivity index (χ0n) is 16.9. The van der Waals surface area contributed by atoms with Crippen LogP contribution in [0.3, 0.4) is 0 Å². The minimum Gasteiger partial charge on any atom is -0.125 e. The lowest BCUT2D eigenvalue weighted by molar-refractivity contribution is 0.920. The van der Waals surface area contributed by atoms with Crippen LogP contribution in [0.1, 0.15) is 63.6 Å². The number of aryl methyl sites for hydroxylation is 2. The molecule has 0 nitrogen and oxygen atoms in total. The minimum atomic E-state index is 1.03. The van der Waals surface area contributed by atoms with Crippen LogP contribution in [0.5, 0.6) is 0 Å². The van der Waals surface area contributed by atoms with E-state index in [1.807, 2.05) is 0 Å². The maximum absolute atomic E-state index is 4.10. The van der Waals surface area contributed by atoms with E-state index < -0.39 is 0 Å². The Labute approximate surface area is 160 Å². The van der Waals surface area contributed by atoms with Gasteiger partial charge in [-0.05, 0) is 91.9 Å². The predicted molar refractivity (Wildman–Crippen MR) is 116 cm³/mol. The molecule has 0 unspecified atom stereocenters. The molecule has 2 rings (SSSR count). The summed E-state index contributed by atoms with van der Waals surface area (Å²) in [6, 6.07) is 6.86. The highest BCUT2D eigenvalue weighted by Gasteiger charge is 2.11. The standard InChI is InChI=1S/C26H32/c1-7-20(5)26-18-22(13-15-23(26)8-2)14-16-24(17-19(3)4)25-12-10-9-11-21(25)6/h11-13,15,17-18H,1,3,8-10,14,16H2,2,4-6H3/b24-17-. The van der Waals surface area contributed by atoms with Crippen molar-refractivity contribution in [2.75, 3.05) is 0 Å². The second-order valence-corrected chi connectivity index (χ2v) is 7.25. The summed E-state index contributed by atoms with van der Waals surface area (Å²) in [6.07, 6.45) is 12.4. The highest BCUT2D eigenvalue weighted by atomic mass is 14.2. The third kappa shape index (κ3) is 5.10. The fourth-order valence-corrected chi connectivity index (χ4v) is 3.58. The molecule has 1 aromatic rings. The second-order valence-electron chi connectivity index (χ2n) is 7.25. The molecule has 0 amide bonds. The van der Waals surface area contributed by atoms with Gasteiger partial charge in [0.1, 0.15) is 0 Å². The Morgan fingerprint density at radius 2 is 1.92 bits per heavy atom. The summed E-state index contributed by atoms with van der Waals surface area (Å²) >= 11 is 0. The van der Waals surface area contributed by atoms with Gasteiger partial charge in [0.2, 0.25) is 0 Å². The van der Waals surface area contributed by atoms with Crippen molar-refractivity contribution in [3.63, 3.8) is 0 Å². The van der Waals surface area contributed by atoms with Crippen LogP contribution in [0, 0.1) is 0 Å². The zero-order valence-corrected chi connectivity index (χ0v) is 16.9. The topological polar surface area (TPSA) is 0 Å². The molecule has 0 bridgehead atoms. The van der Waals surface area contributed by atoms with E-state index in [-0.39, 0.29) is 0 Å². The second kappa shape index (κ2) is 9.41. The first-order chi connectivity index (χ1) is 12.5. The van der Waals surface area contributed by atoms with E-state index in [0.29, 0.717) is 0 Å². The molecule has 0 spiro atoms. The van der Waals surface area contributed by atoms with E-state index in [1.165, 1.54) is 33.4 Å². The smallest absolute Gasteiger partial charge is 0.00224 e. The summed E-state index contributed by atoms with van der Waals surface area (Å²) in [5.41, 5.74) is 13.6.